The minimum Gasteiger partial charge on any atom is -0.366 e. The number of fused-ring (bicyclic) bond motifs is 2. The molecular formula is C18H21N7O. The van der Waals surface area contributed by atoms with Crippen LogP contribution in [0.25, 0.3) is 5.65 Å². The lowest BCUT2D eigenvalue weighted by atomic mass is 9.91. The van der Waals surface area contributed by atoms with E-state index >= 15 is 0 Å². The standard InChI is InChI=1S/C18H21N7O/c26-18-10-12-2-1-3-15(12)22-25(18)14-6-4-13(5-7-14)20-16-8-9-17-21-19-11-24(17)23-16/h8-11,13-14H,1-7H2,(H,20,23). The fourth-order valence-electron chi connectivity index (χ4n) is 4.16. The Morgan fingerprint density at radius 1 is 1.08 bits per heavy atom. The molecule has 8 heteroatoms. The summed E-state index contributed by atoms with van der Waals surface area (Å²) in [6.45, 7) is 0. The Balaban J connectivity index is 1.27. The van der Waals surface area contributed by atoms with Gasteiger partial charge >= 0.3 is 0 Å². The molecule has 1 N–H and O–H groups in total. The van der Waals surface area contributed by atoms with Gasteiger partial charge in [0.1, 0.15) is 12.1 Å². The van der Waals surface area contributed by atoms with Gasteiger partial charge in [0, 0.05) is 12.1 Å². The SMILES string of the molecule is O=c1cc2c(nn1C1CCC(Nc3ccc4nncn4n3)CC1)CCC2. The summed E-state index contributed by atoms with van der Waals surface area (Å²) < 4.78 is 3.41. The highest BCUT2D eigenvalue weighted by Gasteiger charge is 2.25. The first-order valence-electron chi connectivity index (χ1n) is 9.31. The molecule has 3 aromatic heterocycles. The molecule has 0 spiro atoms. The smallest absolute Gasteiger partial charge is 0.267 e. The normalized spacial score (nSPS) is 22.5. The van der Waals surface area contributed by atoms with E-state index in [1.54, 1.807) is 21.6 Å². The third kappa shape index (κ3) is 2.75. The average Bonchev–Trinajstić information content (AvgIpc) is 3.30. The first kappa shape index (κ1) is 15.5. The third-order valence-electron chi connectivity index (χ3n) is 5.54. The summed E-state index contributed by atoms with van der Waals surface area (Å²) in [5.74, 6) is 0.827. The Morgan fingerprint density at radius 2 is 1.96 bits per heavy atom. The van der Waals surface area contributed by atoms with E-state index in [1.807, 2.05) is 12.1 Å². The van der Waals surface area contributed by atoms with Gasteiger partial charge < -0.3 is 5.32 Å². The lowest BCUT2D eigenvalue weighted by Crippen LogP contribution is -2.34. The fraction of sp³-hybridized carbons (Fsp3) is 0.500. The van der Waals surface area contributed by atoms with Crippen LogP contribution in [-0.4, -0.2) is 35.6 Å². The van der Waals surface area contributed by atoms with Gasteiger partial charge in [-0.1, -0.05) is 0 Å². The van der Waals surface area contributed by atoms with Crippen LogP contribution in [0.5, 0.6) is 0 Å². The molecule has 8 nitrogen and oxygen atoms in total. The van der Waals surface area contributed by atoms with Gasteiger partial charge in [-0.25, -0.2) is 4.68 Å². The second kappa shape index (κ2) is 6.19. The largest absolute Gasteiger partial charge is 0.366 e. The zero-order chi connectivity index (χ0) is 17.5. The maximum atomic E-state index is 12.4. The molecule has 0 unspecified atom stereocenters. The highest BCUT2D eigenvalue weighted by Crippen LogP contribution is 2.29. The van der Waals surface area contributed by atoms with Crippen molar-refractivity contribution in [3.05, 3.63) is 46.1 Å². The molecule has 3 aromatic rings. The van der Waals surface area contributed by atoms with Gasteiger partial charge in [-0.05, 0) is 62.6 Å². The van der Waals surface area contributed by atoms with Crippen molar-refractivity contribution < 1.29 is 0 Å². The zero-order valence-electron chi connectivity index (χ0n) is 14.5. The molecule has 134 valence electrons. The number of anilines is 1. The van der Waals surface area contributed by atoms with E-state index in [1.165, 1.54) is 0 Å². The summed E-state index contributed by atoms with van der Waals surface area (Å²) in [5, 5.41) is 20.5. The fourth-order valence-corrected chi connectivity index (χ4v) is 4.16. The Bertz CT molecular complexity index is 1000. The van der Waals surface area contributed by atoms with Gasteiger partial charge in [-0.2, -0.15) is 9.61 Å². The average molecular weight is 351 g/mol. The van der Waals surface area contributed by atoms with Crippen molar-refractivity contribution in [2.24, 2.45) is 0 Å². The number of hydrogen-bond donors (Lipinski definition) is 1. The predicted octanol–water partition coefficient (Wildman–Crippen LogP) is 1.77. The minimum absolute atomic E-state index is 0.0572. The van der Waals surface area contributed by atoms with Crippen LogP contribution in [0, 0.1) is 0 Å². The van der Waals surface area contributed by atoms with E-state index in [-0.39, 0.29) is 11.6 Å². The van der Waals surface area contributed by atoms with E-state index < -0.39 is 0 Å². The maximum absolute atomic E-state index is 12.4. The Labute approximate surface area is 150 Å². The van der Waals surface area contributed by atoms with Gasteiger partial charge in [0.05, 0.1) is 11.7 Å². The summed E-state index contributed by atoms with van der Waals surface area (Å²) in [5.41, 5.74) is 3.07. The molecule has 0 saturated heterocycles. The van der Waals surface area contributed by atoms with Crippen LogP contribution in [0.4, 0.5) is 5.82 Å². The van der Waals surface area contributed by atoms with E-state index in [4.69, 9.17) is 0 Å². The predicted molar refractivity (Wildman–Crippen MR) is 96.2 cm³/mol. The summed E-state index contributed by atoms with van der Waals surface area (Å²) in [4.78, 5) is 12.4. The third-order valence-corrected chi connectivity index (χ3v) is 5.54. The summed E-state index contributed by atoms with van der Waals surface area (Å²) >= 11 is 0. The molecule has 0 aliphatic heterocycles. The lowest BCUT2D eigenvalue weighted by Gasteiger charge is -2.30. The summed E-state index contributed by atoms with van der Waals surface area (Å²) in [6.07, 6.45) is 8.63. The first-order valence-corrected chi connectivity index (χ1v) is 9.31. The number of nitrogens with zero attached hydrogens (tertiary/aromatic N) is 6. The van der Waals surface area contributed by atoms with E-state index in [0.717, 1.165) is 67.7 Å². The van der Waals surface area contributed by atoms with Crippen LogP contribution in [-0.2, 0) is 12.8 Å². The molecule has 0 bridgehead atoms. The van der Waals surface area contributed by atoms with E-state index in [2.05, 4.69) is 25.7 Å². The van der Waals surface area contributed by atoms with Gasteiger partial charge in [0.2, 0.25) is 0 Å². The van der Waals surface area contributed by atoms with Crippen LogP contribution in [0.15, 0.2) is 29.3 Å². The molecule has 0 radical (unpaired) electrons. The van der Waals surface area contributed by atoms with Crippen LogP contribution in [0.2, 0.25) is 0 Å². The highest BCUT2D eigenvalue weighted by molar-refractivity contribution is 5.43. The van der Waals surface area contributed by atoms with Crippen molar-refractivity contribution in [2.75, 3.05) is 5.32 Å². The number of aryl methyl sites for hydroxylation is 2. The van der Waals surface area contributed by atoms with Crippen LogP contribution >= 0.6 is 0 Å². The molecule has 26 heavy (non-hydrogen) atoms. The van der Waals surface area contributed by atoms with Crippen LogP contribution in [0.1, 0.15) is 49.4 Å². The highest BCUT2D eigenvalue weighted by atomic mass is 16.1. The molecule has 2 aliphatic carbocycles. The van der Waals surface area contributed by atoms with E-state index in [0.29, 0.717) is 6.04 Å². The molecular weight excluding hydrogens is 330 g/mol. The summed E-state index contributed by atoms with van der Waals surface area (Å²) in [6, 6.07) is 6.21. The molecule has 0 amide bonds. The molecule has 0 atom stereocenters. The minimum atomic E-state index is 0.0572. The zero-order valence-corrected chi connectivity index (χ0v) is 14.5. The number of hydrogen-bond acceptors (Lipinski definition) is 6. The van der Waals surface area contributed by atoms with Crippen molar-refractivity contribution in [3.8, 4) is 0 Å². The van der Waals surface area contributed by atoms with Gasteiger partial charge in [-0.3, -0.25) is 4.79 Å². The molecule has 1 saturated carbocycles. The van der Waals surface area contributed by atoms with Crippen molar-refractivity contribution in [1.29, 1.82) is 0 Å². The van der Waals surface area contributed by atoms with Gasteiger partial charge in [0.25, 0.3) is 5.56 Å². The Morgan fingerprint density at radius 3 is 2.85 bits per heavy atom. The molecule has 1 fully saturated rings. The van der Waals surface area contributed by atoms with E-state index in [9.17, 15) is 4.79 Å². The topological polar surface area (TPSA) is 90.0 Å². The second-order valence-corrected chi connectivity index (χ2v) is 7.25. The van der Waals surface area contributed by atoms with Crippen molar-refractivity contribution >= 4 is 11.5 Å². The number of aromatic nitrogens is 6. The van der Waals surface area contributed by atoms with Crippen molar-refractivity contribution in [2.45, 2.75) is 57.0 Å². The quantitative estimate of drug-likeness (QED) is 0.773. The summed E-state index contributed by atoms with van der Waals surface area (Å²) in [7, 11) is 0. The van der Waals surface area contributed by atoms with Crippen molar-refractivity contribution in [3.63, 3.8) is 0 Å². The van der Waals surface area contributed by atoms with Gasteiger partial charge in [0.15, 0.2) is 5.65 Å². The molecule has 2 aliphatic rings. The second-order valence-electron chi connectivity index (χ2n) is 7.25. The monoisotopic (exact) mass is 351 g/mol. The number of rotatable bonds is 3. The maximum Gasteiger partial charge on any atom is 0.267 e. The van der Waals surface area contributed by atoms with Crippen molar-refractivity contribution in [1.82, 2.24) is 29.6 Å². The van der Waals surface area contributed by atoms with Crippen LogP contribution in [0.3, 0.4) is 0 Å². The molecule has 5 rings (SSSR count). The first-order chi connectivity index (χ1) is 12.8. The molecule has 0 aromatic carbocycles. The lowest BCUT2D eigenvalue weighted by molar-refractivity contribution is 0.301. The van der Waals surface area contributed by atoms with Gasteiger partial charge in [-0.15, -0.1) is 15.3 Å². The van der Waals surface area contributed by atoms with Crippen LogP contribution < -0.4 is 10.9 Å². The number of nitrogens with one attached hydrogen (secondary N) is 1. The Kier molecular flexibility index (Phi) is 3.69. The molecule has 3 heterocycles. The Hall–Kier alpha value is -2.77.